The van der Waals surface area contributed by atoms with Crippen LogP contribution in [0.25, 0.3) is 0 Å². The molecule has 0 aromatic carbocycles. The summed E-state index contributed by atoms with van der Waals surface area (Å²) in [6.45, 7) is 0.940. The van der Waals surface area contributed by atoms with Gasteiger partial charge in [-0.2, -0.15) is 0 Å². The van der Waals surface area contributed by atoms with Crippen molar-refractivity contribution >= 4 is 11.6 Å². The molecule has 0 saturated heterocycles. The molecule has 0 N–H and O–H groups in total. The van der Waals surface area contributed by atoms with E-state index in [-0.39, 0.29) is 0 Å². The molecule has 1 aromatic heterocycles. The first-order valence-corrected chi connectivity index (χ1v) is 4.24. The second-order valence-electron chi connectivity index (χ2n) is 2.85. The molecule has 0 bridgehead atoms. The van der Waals surface area contributed by atoms with Gasteiger partial charge in [0.2, 0.25) is 0 Å². The van der Waals surface area contributed by atoms with Crippen LogP contribution >= 0.6 is 11.6 Å². The van der Waals surface area contributed by atoms with Crippen molar-refractivity contribution in [3.8, 4) is 0 Å². The summed E-state index contributed by atoms with van der Waals surface area (Å²) in [5.41, 5.74) is 0. The van der Waals surface area contributed by atoms with Gasteiger partial charge in [0.1, 0.15) is 0 Å². The fourth-order valence-corrected chi connectivity index (χ4v) is 1.20. The van der Waals surface area contributed by atoms with Gasteiger partial charge in [0.25, 0.3) is 0 Å². The molecular formula is C6H9ClN4. The number of aromatic nitrogens is 4. The Balaban J connectivity index is 2.07. The van der Waals surface area contributed by atoms with Gasteiger partial charge in [-0.05, 0) is 29.2 Å². The van der Waals surface area contributed by atoms with Gasteiger partial charge < -0.3 is 0 Å². The van der Waals surface area contributed by atoms with Crippen LogP contribution in [0.3, 0.4) is 0 Å². The summed E-state index contributed by atoms with van der Waals surface area (Å²) < 4.78 is 1.80. The number of hydrogen-bond acceptors (Lipinski definition) is 3. The first kappa shape index (κ1) is 7.03. The molecular weight excluding hydrogens is 164 g/mol. The average molecular weight is 173 g/mol. The van der Waals surface area contributed by atoms with E-state index < -0.39 is 0 Å². The van der Waals surface area contributed by atoms with Crippen molar-refractivity contribution in [2.24, 2.45) is 5.92 Å². The summed E-state index contributed by atoms with van der Waals surface area (Å²) in [5.74, 6) is 1.97. The van der Waals surface area contributed by atoms with Crippen LogP contribution in [0.4, 0.5) is 0 Å². The van der Waals surface area contributed by atoms with Gasteiger partial charge in [-0.1, -0.05) is 0 Å². The van der Waals surface area contributed by atoms with E-state index >= 15 is 0 Å². The summed E-state index contributed by atoms with van der Waals surface area (Å²) in [6, 6.07) is 0. The highest BCUT2D eigenvalue weighted by molar-refractivity contribution is 6.16. The molecule has 1 fully saturated rings. The van der Waals surface area contributed by atoms with Gasteiger partial charge >= 0.3 is 0 Å². The summed E-state index contributed by atoms with van der Waals surface area (Å²) in [5, 5.41) is 11.2. The second-order valence-corrected chi connectivity index (χ2v) is 3.12. The van der Waals surface area contributed by atoms with Crippen molar-refractivity contribution in [1.82, 2.24) is 20.2 Å². The summed E-state index contributed by atoms with van der Waals surface area (Å²) >= 11 is 5.61. The molecule has 0 spiro atoms. The summed E-state index contributed by atoms with van der Waals surface area (Å²) in [4.78, 5) is 0. The molecule has 4 nitrogen and oxygen atoms in total. The van der Waals surface area contributed by atoms with Crippen LogP contribution in [0.1, 0.15) is 18.7 Å². The van der Waals surface area contributed by atoms with E-state index in [1.54, 1.807) is 4.68 Å². The van der Waals surface area contributed by atoms with E-state index in [1.807, 2.05) is 0 Å². The summed E-state index contributed by atoms with van der Waals surface area (Å²) in [7, 11) is 0. The lowest BCUT2D eigenvalue weighted by Gasteiger charge is -1.98. The minimum atomic E-state index is 0.402. The predicted octanol–water partition coefficient (Wildman–Crippen LogP) is 0.822. The fourth-order valence-electron chi connectivity index (χ4n) is 1.01. The van der Waals surface area contributed by atoms with E-state index in [1.165, 1.54) is 12.8 Å². The monoisotopic (exact) mass is 172 g/mol. The zero-order valence-electron chi connectivity index (χ0n) is 6.07. The minimum Gasteiger partial charge on any atom is -0.228 e. The Morgan fingerprint density at radius 2 is 2.36 bits per heavy atom. The number of halogens is 1. The third-order valence-electron chi connectivity index (χ3n) is 1.85. The van der Waals surface area contributed by atoms with Crippen LogP contribution in [0.15, 0.2) is 0 Å². The lowest BCUT2D eigenvalue weighted by Crippen LogP contribution is -2.05. The van der Waals surface area contributed by atoms with Gasteiger partial charge in [-0.25, -0.2) is 4.68 Å². The van der Waals surface area contributed by atoms with Crippen LogP contribution in [0.2, 0.25) is 0 Å². The molecule has 60 valence electrons. The third kappa shape index (κ3) is 1.50. The van der Waals surface area contributed by atoms with Crippen molar-refractivity contribution in [3.05, 3.63) is 5.82 Å². The molecule has 5 heteroatoms. The summed E-state index contributed by atoms with van der Waals surface area (Å²) in [6.07, 6.45) is 2.61. The first-order chi connectivity index (χ1) is 5.40. The molecule has 1 saturated carbocycles. The van der Waals surface area contributed by atoms with Gasteiger partial charge in [0.05, 0.1) is 5.88 Å². The fraction of sp³-hybridized carbons (Fsp3) is 0.833. The van der Waals surface area contributed by atoms with Gasteiger partial charge in [0.15, 0.2) is 5.82 Å². The van der Waals surface area contributed by atoms with E-state index in [4.69, 9.17) is 11.6 Å². The molecule has 1 heterocycles. The van der Waals surface area contributed by atoms with Crippen molar-refractivity contribution in [1.29, 1.82) is 0 Å². The Bertz CT molecular complexity index is 242. The van der Waals surface area contributed by atoms with E-state index in [2.05, 4.69) is 15.5 Å². The SMILES string of the molecule is ClCc1nnnn1CC1CC1. The quantitative estimate of drug-likeness (QED) is 0.635. The lowest BCUT2D eigenvalue weighted by atomic mass is 10.4. The molecule has 1 aliphatic rings. The number of rotatable bonds is 3. The molecule has 0 unspecified atom stereocenters. The number of alkyl halides is 1. The highest BCUT2D eigenvalue weighted by atomic mass is 35.5. The molecule has 1 aromatic rings. The highest BCUT2D eigenvalue weighted by Crippen LogP contribution is 2.30. The maximum absolute atomic E-state index is 5.61. The molecule has 2 rings (SSSR count). The van der Waals surface area contributed by atoms with Crippen LogP contribution in [-0.4, -0.2) is 20.2 Å². The molecule has 1 aliphatic carbocycles. The molecule has 11 heavy (non-hydrogen) atoms. The standard InChI is InChI=1S/C6H9ClN4/c7-3-6-8-9-10-11(6)4-5-1-2-5/h5H,1-4H2. The zero-order chi connectivity index (χ0) is 7.68. The van der Waals surface area contributed by atoms with Gasteiger partial charge in [-0.15, -0.1) is 16.7 Å². The van der Waals surface area contributed by atoms with E-state index in [9.17, 15) is 0 Å². The van der Waals surface area contributed by atoms with Crippen molar-refractivity contribution in [3.63, 3.8) is 0 Å². The average Bonchev–Trinajstić information content (AvgIpc) is 2.68. The van der Waals surface area contributed by atoms with Crippen LogP contribution < -0.4 is 0 Å². The largest absolute Gasteiger partial charge is 0.228 e. The van der Waals surface area contributed by atoms with E-state index in [0.29, 0.717) is 5.88 Å². The van der Waals surface area contributed by atoms with E-state index in [0.717, 1.165) is 18.3 Å². The lowest BCUT2D eigenvalue weighted by molar-refractivity contribution is 0.531. The minimum absolute atomic E-state index is 0.402. The van der Waals surface area contributed by atoms with Gasteiger partial charge in [0, 0.05) is 6.54 Å². The predicted molar refractivity (Wildman–Crippen MR) is 40.1 cm³/mol. The Hall–Kier alpha value is -0.640. The Kier molecular flexibility index (Phi) is 1.77. The maximum atomic E-state index is 5.61. The topological polar surface area (TPSA) is 43.6 Å². The Labute approximate surface area is 69.5 Å². The normalized spacial score (nSPS) is 17.2. The number of tetrazole rings is 1. The number of hydrogen-bond donors (Lipinski definition) is 0. The zero-order valence-corrected chi connectivity index (χ0v) is 6.83. The van der Waals surface area contributed by atoms with Crippen LogP contribution in [0, 0.1) is 5.92 Å². The number of nitrogens with zero attached hydrogens (tertiary/aromatic N) is 4. The van der Waals surface area contributed by atoms with Crippen LogP contribution in [-0.2, 0) is 12.4 Å². The first-order valence-electron chi connectivity index (χ1n) is 3.71. The van der Waals surface area contributed by atoms with Crippen LogP contribution in [0.5, 0.6) is 0 Å². The second kappa shape index (κ2) is 2.77. The molecule has 0 aliphatic heterocycles. The molecule has 0 atom stereocenters. The van der Waals surface area contributed by atoms with Crippen molar-refractivity contribution < 1.29 is 0 Å². The van der Waals surface area contributed by atoms with Crippen molar-refractivity contribution in [2.75, 3.05) is 0 Å². The maximum Gasteiger partial charge on any atom is 0.166 e. The van der Waals surface area contributed by atoms with Crippen molar-refractivity contribution in [2.45, 2.75) is 25.3 Å². The Morgan fingerprint density at radius 1 is 1.55 bits per heavy atom. The Morgan fingerprint density at radius 3 is 3.00 bits per heavy atom. The smallest absolute Gasteiger partial charge is 0.166 e. The molecule has 0 amide bonds. The van der Waals surface area contributed by atoms with Gasteiger partial charge in [-0.3, -0.25) is 0 Å². The molecule has 0 radical (unpaired) electrons. The highest BCUT2D eigenvalue weighted by Gasteiger charge is 2.23. The third-order valence-corrected chi connectivity index (χ3v) is 2.09.